The minimum atomic E-state index is -1.04. The molecule has 7 nitrogen and oxygen atoms in total. The summed E-state index contributed by atoms with van der Waals surface area (Å²) in [5.74, 6) is -0.561. The maximum atomic E-state index is 12.6. The van der Waals surface area contributed by atoms with Crippen LogP contribution in [0.3, 0.4) is 0 Å². The van der Waals surface area contributed by atoms with Crippen molar-refractivity contribution in [3.05, 3.63) is 59.4 Å². The van der Waals surface area contributed by atoms with Gasteiger partial charge in [0.2, 0.25) is 5.76 Å². The molecular weight excluding hydrogens is 386 g/mol. The lowest BCUT2D eigenvalue weighted by Gasteiger charge is -2.13. The van der Waals surface area contributed by atoms with Crippen LogP contribution in [-0.4, -0.2) is 30.4 Å². The van der Waals surface area contributed by atoms with Crippen LogP contribution < -0.4 is 10.1 Å². The Labute approximate surface area is 174 Å². The molecule has 0 saturated carbocycles. The molecule has 0 aliphatic heterocycles. The van der Waals surface area contributed by atoms with Crippen LogP contribution >= 0.6 is 0 Å². The first kappa shape index (κ1) is 21.1. The quantitative estimate of drug-likeness (QED) is 0.455. The van der Waals surface area contributed by atoms with Crippen LogP contribution in [0.5, 0.6) is 5.75 Å². The lowest BCUT2D eigenvalue weighted by Crippen LogP contribution is -2.30. The van der Waals surface area contributed by atoms with E-state index in [0.717, 1.165) is 5.39 Å². The van der Waals surface area contributed by atoms with Crippen molar-refractivity contribution in [1.29, 1.82) is 0 Å². The number of carbonyl (C=O) groups is 3. The van der Waals surface area contributed by atoms with Gasteiger partial charge < -0.3 is 19.2 Å². The first-order valence-electron chi connectivity index (χ1n) is 9.59. The SMILES string of the molecule is CCOc1ccc2oc(C(=O)O[C@H](C)C(=O)Nc3ccc(C(C)=O)cc3)c(C)c2c1. The number of benzene rings is 2. The van der Waals surface area contributed by atoms with Crippen molar-refractivity contribution in [3.63, 3.8) is 0 Å². The van der Waals surface area contributed by atoms with Gasteiger partial charge >= 0.3 is 5.97 Å². The molecule has 1 amide bonds. The summed E-state index contributed by atoms with van der Waals surface area (Å²) >= 11 is 0. The summed E-state index contributed by atoms with van der Waals surface area (Å²) in [6.07, 6.45) is -1.04. The average molecular weight is 409 g/mol. The van der Waals surface area contributed by atoms with Crippen molar-refractivity contribution in [2.45, 2.75) is 33.8 Å². The van der Waals surface area contributed by atoms with E-state index >= 15 is 0 Å². The third-order valence-corrected chi connectivity index (χ3v) is 4.62. The third kappa shape index (κ3) is 4.51. The largest absolute Gasteiger partial charge is 0.494 e. The van der Waals surface area contributed by atoms with Gasteiger partial charge in [0, 0.05) is 22.2 Å². The van der Waals surface area contributed by atoms with E-state index in [1.807, 2.05) is 6.92 Å². The molecule has 156 valence electrons. The van der Waals surface area contributed by atoms with Gasteiger partial charge in [-0.05, 0) is 70.2 Å². The maximum Gasteiger partial charge on any atom is 0.375 e. The number of carbonyl (C=O) groups excluding carboxylic acids is 3. The molecule has 0 radical (unpaired) electrons. The summed E-state index contributed by atoms with van der Waals surface area (Å²) in [5.41, 5.74) is 2.19. The molecule has 3 aromatic rings. The summed E-state index contributed by atoms with van der Waals surface area (Å²) in [5, 5.41) is 3.40. The number of hydrogen-bond acceptors (Lipinski definition) is 6. The number of fused-ring (bicyclic) bond motifs is 1. The number of nitrogens with one attached hydrogen (secondary N) is 1. The number of hydrogen-bond donors (Lipinski definition) is 1. The number of ether oxygens (including phenoxy) is 2. The lowest BCUT2D eigenvalue weighted by molar-refractivity contribution is -0.123. The van der Waals surface area contributed by atoms with Gasteiger partial charge in [0.25, 0.3) is 5.91 Å². The van der Waals surface area contributed by atoms with Gasteiger partial charge in [-0.25, -0.2) is 4.79 Å². The van der Waals surface area contributed by atoms with E-state index in [-0.39, 0.29) is 11.5 Å². The zero-order valence-corrected chi connectivity index (χ0v) is 17.3. The second kappa shape index (κ2) is 8.82. The molecule has 1 atom stereocenters. The van der Waals surface area contributed by atoms with Crippen molar-refractivity contribution in [2.75, 3.05) is 11.9 Å². The number of rotatable bonds is 7. The fraction of sp³-hybridized carbons (Fsp3) is 0.261. The molecule has 3 rings (SSSR count). The number of aryl methyl sites for hydroxylation is 1. The van der Waals surface area contributed by atoms with Gasteiger partial charge in [-0.3, -0.25) is 9.59 Å². The zero-order chi connectivity index (χ0) is 21.8. The van der Waals surface area contributed by atoms with Crippen LogP contribution in [-0.2, 0) is 9.53 Å². The van der Waals surface area contributed by atoms with E-state index in [4.69, 9.17) is 13.9 Å². The Morgan fingerprint density at radius 3 is 2.43 bits per heavy atom. The number of Topliss-reactive ketones (excluding diaryl/α,β-unsaturated/α-hetero) is 1. The standard InChI is InChI=1S/C23H23NO6/c1-5-28-18-10-11-20-19(12-18)13(2)21(30-20)23(27)29-15(4)22(26)24-17-8-6-16(7-9-17)14(3)25/h6-12,15H,5H2,1-4H3,(H,24,26)/t15-/m1/s1. The topological polar surface area (TPSA) is 94.8 Å². The molecule has 0 aliphatic carbocycles. The highest BCUT2D eigenvalue weighted by atomic mass is 16.6. The molecule has 0 bridgehead atoms. The zero-order valence-electron chi connectivity index (χ0n) is 17.3. The minimum absolute atomic E-state index is 0.0455. The van der Waals surface area contributed by atoms with Crippen LogP contribution in [0.2, 0.25) is 0 Å². The van der Waals surface area contributed by atoms with Crippen molar-refractivity contribution in [1.82, 2.24) is 0 Å². The smallest absolute Gasteiger partial charge is 0.375 e. The fourth-order valence-corrected chi connectivity index (χ4v) is 2.95. The summed E-state index contributed by atoms with van der Waals surface area (Å²) in [6, 6.07) is 11.7. The van der Waals surface area contributed by atoms with Gasteiger partial charge in [0.15, 0.2) is 11.9 Å². The van der Waals surface area contributed by atoms with E-state index in [1.54, 1.807) is 49.4 Å². The van der Waals surface area contributed by atoms with E-state index in [0.29, 0.717) is 34.8 Å². The normalized spacial score (nSPS) is 11.7. The Kier molecular flexibility index (Phi) is 6.20. The molecule has 7 heteroatoms. The molecule has 0 spiro atoms. The Hall–Kier alpha value is -3.61. The van der Waals surface area contributed by atoms with Gasteiger partial charge in [-0.15, -0.1) is 0 Å². The highest BCUT2D eigenvalue weighted by Crippen LogP contribution is 2.29. The van der Waals surface area contributed by atoms with E-state index in [9.17, 15) is 14.4 Å². The molecule has 0 fully saturated rings. The van der Waals surface area contributed by atoms with Crippen molar-refractivity contribution in [3.8, 4) is 5.75 Å². The molecule has 0 aliphatic rings. The first-order valence-corrected chi connectivity index (χ1v) is 9.59. The van der Waals surface area contributed by atoms with Crippen LogP contribution in [0.1, 0.15) is 47.2 Å². The summed E-state index contributed by atoms with van der Waals surface area (Å²) in [4.78, 5) is 36.3. The molecule has 1 aromatic heterocycles. The van der Waals surface area contributed by atoms with Gasteiger partial charge in [0.05, 0.1) is 6.61 Å². The maximum absolute atomic E-state index is 12.6. The average Bonchev–Trinajstić information content (AvgIpc) is 3.05. The monoisotopic (exact) mass is 409 g/mol. The highest BCUT2D eigenvalue weighted by Gasteiger charge is 2.24. The number of ketones is 1. The summed E-state index contributed by atoms with van der Waals surface area (Å²) in [6.45, 7) is 7.11. The highest BCUT2D eigenvalue weighted by molar-refractivity contribution is 6.00. The second-order valence-electron chi connectivity index (χ2n) is 6.82. The van der Waals surface area contributed by atoms with Crippen molar-refractivity contribution < 1.29 is 28.3 Å². The van der Waals surface area contributed by atoms with Crippen LogP contribution in [0.4, 0.5) is 5.69 Å². The molecule has 0 saturated heterocycles. The second-order valence-corrected chi connectivity index (χ2v) is 6.82. The molecule has 30 heavy (non-hydrogen) atoms. The Morgan fingerprint density at radius 1 is 1.10 bits per heavy atom. The molecule has 1 N–H and O–H groups in total. The van der Waals surface area contributed by atoms with Gasteiger partial charge in [0.1, 0.15) is 11.3 Å². The first-order chi connectivity index (χ1) is 14.3. The third-order valence-electron chi connectivity index (χ3n) is 4.62. The minimum Gasteiger partial charge on any atom is -0.494 e. The van der Waals surface area contributed by atoms with Crippen LogP contribution in [0.15, 0.2) is 46.9 Å². The summed E-state index contributed by atoms with van der Waals surface area (Å²) < 4.78 is 16.4. The van der Waals surface area contributed by atoms with E-state index in [2.05, 4.69) is 5.32 Å². The molecule has 0 unspecified atom stereocenters. The van der Waals surface area contributed by atoms with Crippen molar-refractivity contribution >= 4 is 34.3 Å². The Morgan fingerprint density at radius 2 is 1.80 bits per heavy atom. The van der Waals surface area contributed by atoms with E-state index < -0.39 is 18.0 Å². The van der Waals surface area contributed by atoms with Crippen molar-refractivity contribution in [2.24, 2.45) is 0 Å². The van der Waals surface area contributed by atoms with E-state index in [1.165, 1.54) is 13.8 Å². The van der Waals surface area contributed by atoms with Crippen LogP contribution in [0.25, 0.3) is 11.0 Å². The van der Waals surface area contributed by atoms with Gasteiger partial charge in [-0.1, -0.05) is 0 Å². The Balaban J connectivity index is 1.69. The number of amides is 1. The lowest BCUT2D eigenvalue weighted by atomic mass is 10.1. The van der Waals surface area contributed by atoms with Crippen LogP contribution in [0, 0.1) is 6.92 Å². The molecular formula is C23H23NO6. The molecule has 1 heterocycles. The fourth-order valence-electron chi connectivity index (χ4n) is 2.95. The number of furan rings is 1. The van der Waals surface area contributed by atoms with Gasteiger partial charge in [-0.2, -0.15) is 0 Å². The number of anilines is 1. The predicted octanol–water partition coefficient (Wildman–Crippen LogP) is 4.53. The predicted molar refractivity (Wildman–Crippen MR) is 112 cm³/mol. The Bertz CT molecular complexity index is 1100. The summed E-state index contributed by atoms with van der Waals surface area (Å²) in [7, 11) is 0. The number of esters is 1. The molecule has 2 aromatic carbocycles.